The number of nitrogens with zero attached hydrogens (tertiary/aromatic N) is 2. The standard InChI is InChI=1S/C14H15N3O2S/c15-10-12(14(18)17-6-8-19-9-7-17)13(20)16-11-4-2-1-3-5-11/h1-5,16,20H,6-9H2/b13-12+. The topological polar surface area (TPSA) is 65.4 Å². The van der Waals surface area contributed by atoms with Gasteiger partial charge in [0.1, 0.15) is 11.6 Å². The summed E-state index contributed by atoms with van der Waals surface area (Å²) in [7, 11) is 0. The predicted molar refractivity (Wildman–Crippen MR) is 79.1 cm³/mol. The van der Waals surface area contributed by atoms with Crippen molar-refractivity contribution in [3.63, 3.8) is 0 Å². The van der Waals surface area contributed by atoms with Gasteiger partial charge in [-0.1, -0.05) is 18.2 Å². The third kappa shape index (κ3) is 3.53. The minimum Gasteiger partial charge on any atom is -0.378 e. The van der Waals surface area contributed by atoms with Crippen molar-refractivity contribution in [2.24, 2.45) is 0 Å². The molecular formula is C14H15N3O2S. The Balaban J connectivity index is 2.15. The molecule has 1 heterocycles. The number of thiol groups is 1. The minimum absolute atomic E-state index is 0.0130. The summed E-state index contributed by atoms with van der Waals surface area (Å²) in [5, 5.41) is 12.4. The number of nitriles is 1. The van der Waals surface area contributed by atoms with E-state index in [0.717, 1.165) is 5.69 Å². The molecule has 1 fully saturated rings. The lowest BCUT2D eigenvalue weighted by Gasteiger charge is -2.26. The van der Waals surface area contributed by atoms with Crippen molar-refractivity contribution < 1.29 is 9.53 Å². The van der Waals surface area contributed by atoms with Crippen LogP contribution in [-0.2, 0) is 9.53 Å². The highest BCUT2D eigenvalue weighted by Gasteiger charge is 2.22. The van der Waals surface area contributed by atoms with Gasteiger partial charge in [-0.25, -0.2) is 0 Å². The van der Waals surface area contributed by atoms with Gasteiger partial charge in [0.2, 0.25) is 0 Å². The molecular weight excluding hydrogens is 274 g/mol. The van der Waals surface area contributed by atoms with E-state index >= 15 is 0 Å². The second-order valence-electron chi connectivity index (χ2n) is 4.23. The van der Waals surface area contributed by atoms with E-state index in [1.165, 1.54) is 0 Å². The average Bonchev–Trinajstić information content (AvgIpc) is 2.49. The van der Waals surface area contributed by atoms with Crippen molar-refractivity contribution in [3.8, 4) is 6.07 Å². The number of nitrogens with one attached hydrogen (secondary N) is 1. The minimum atomic E-state index is -0.316. The number of anilines is 1. The molecule has 1 aromatic carbocycles. The molecule has 1 aromatic rings. The van der Waals surface area contributed by atoms with Crippen molar-refractivity contribution in [2.45, 2.75) is 0 Å². The highest BCUT2D eigenvalue weighted by molar-refractivity contribution is 7.84. The Bertz CT molecular complexity index is 545. The lowest BCUT2D eigenvalue weighted by atomic mass is 10.2. The number of carbonyl (C=O) groups is 1. The van der Waals surface area contributed by atoms with Gasteiger partial charge >= 0.3 is 0 Å². The highest BCUT2D eigenvalue weighted by Crippen LogP contribution is 2.16. The summed E-state index contributed by atoms with van der Waals surface area (Å²) in [6.45, 7) is 1.99. The SMILES string of the molecule is N#C/C(C(=O)N1CCOCC1)=C(\S)Nc1ccccc1. The van der Waals surface area contributed by atoms with Crippen LogP contribution in [0.3, 0.4) is 0 Å². The van der Waals surface area contributed by atoms with Crippen LogP contribution >= 0.6 is 12.6 Å². The van der Waals surface area contributed by atoms with Crippen LogP contribution in [0.15, 0.2) is 40.9 Å². The molecule has 1 saturated heterocycles. The van der Waals surface area contributed by atoms with Crippen LogP contribution in [0.2, 0.25) is 0 Å². The van der Waals surface area contributed by atoms with E-state index in [4.69, 9.17) is 4.74 Å². The number of benzene rings is 1. The maximum atomic E-state index is 12.3. The predicted octanol–water partition coefficient (Wildman–Crippen LogP) is 1.62. The molecule has 6 heteroatoms. The summed E-state index contributed by atoms with van der Waals surface area (Å²) in [6, 6.07) is 11.2. The molecule has 104 valence electrons. The van der Waals surface area contributed by atoms with Crippen LogP contribution in [0, 0.1) is 11.3 Å². The monoisotopic (exact) mass is 289 g/mol. The summed E-state index contributed by atoms with van der Waals surface area (Å²) in [5.74, 6) is -0.316. The molecule has 0 atom stereocenters. The van der Waals surface area contributed by atoms with Crippen LogP contribution in [0.25, 0.3) is 0 Å². The zero-order valence-electron chi connectivity index (χ0n) is 10.9. The zero-order chi connectivity index (χ0) is 14.4. The fourth-order valence-electron chi connectivity index (χ4n) is 1.85. The first kappa shape index (κ1) is 14.4. The fraction of sp³-hybridized carbons (Fsp3) is 0.286. The third-order valence-electron chi connectivity index (χ3n) is 2.90. The lowest BCUT2D eigenvalue weighted by Crippen LogP contribution is -2.41. The van der Waals surface area contributed by atoms with E-state index in [9.17, 15) is 10.1 Å². The maximum Gasteiger partial charge on any atom is 0.267 e. The van der Waals surface area contributed by atoms with Gasteiger partial charge in [0.15, 0.2) is 0 Å². The number of carbonyl (C=O) groups excluding carboxylic acids is 1. The first-order valence-corrected chi connectivity index (χ1v) is 6.69. The number of amides is 1. The molecule has 1 N–H and O–H groups in total. The van der Waals surface area contributed by atoms with Crippen molar-refractivity contribution in [2.75, 3.05) is 31.6 Å². The number of hydrogen-bond acceptors (Lipinski definition) is 5. The van der Waals surface area contributed by atoms with Crippen LogP contribution in [-0.4, -0.2) is 37.1 Å². The molecule has 0 aliphatic carbocycles. The molecule has 2 rings (SSSR count). The van der Waals surface area contributed by atoms with Crippen LogP contribution in [0.1, 0.15) is 0 Å². The second-order valence-corrected chi connectivity index (χ2v) is 4.68. The molecule has 1 aliphatic heterocycles. The Morgan fingerprint density at radius 1 is 1.30 bits per heavy atom. The Morgan fingerprint density at radius 2 is 1.95 bits per heavy atom. The zero-order valence-corrected chi connectivity index (χ0v) is 11.8. The molecule has 1 aliphatic rings. The molecule has 20 heavy (non-hydrogen) atoms. The van der Waals surface area contributed by atoms with Gasteiger partial charge < -0.3 is 15.0 Å². The van der Waals surface area contributed by atoms with E-state index in [2.05, 4.69) is 17.9 Å². The summed E-state index contributed by atoms with van der Waals surface area (Å²) in [5.41, 5.74) is 0.791. The Labute approximate surface area is 123 Å². The van der Waals surface area contributed by atoms with Gasteiger partial charge in [-0.15, -0.1) is 12.6 Å². The number of hydrogen-bond donors (Lipinski definition) is 2. The Hall–Kier alpha value is -1.97. The van der Waals surface area contributed by atoms with Gasteiger partial charge in [0.05, 0.1) is 18.2 Å². The van der Waals surface area contributed by atoms with Gasteiger partial charge in [-0.05, 0) is 12.1 Å². The third-order valence-corrected chi connectivity index (χ3v) is 3.23. The summed E-state index contributed by atoms with van der Waals surface area (Å²) < 4.78 is 5.19. The van der Waals surface area contributed by atoms with Crippen molar-refractivity contribution in [1.29, 1.82) is 5.26 Å². The van der Waals surface area contributed by atoms with Crippen LogP contribution in [0.4, 0.5) is 5.69 Å². The molecule has 0 radical (unpaired) electrons. The number of rotatable bonds is 3. The van der Waals surface area contributed by atoms with E-state index in [0.29, 0.717) is 26.3 Å². The molecule has 0 bridgehead atoms. The van der Waals surface area contributed by atoms with E-state index in [1.807, 2.05) is 36.4 Å². The number of ether oxygens (including phenoxy) is 1. The van der Waals surface area contributed by atoms with E-state index in [1.54, 1.807) is 4.90 Å². The largest absolute Gasteiger partial charge is 0.378 e. The first-order chi connectivity index (χ1) is 9.72. The fourth-order valence-corrected chi connectivity index (χ4v) is 2.12. The van der Waals surface area contributed by atoms with Gasteiger partial charge in [-0.2, -0.15) is 5.26 Å². The van der Waals surface area contributed by atoms with Gasteiger partial charge in [0.25, 0.3) is 5.91 Å². The summed E-state index contributed by atoms with van der Waals surface area (Å²) in [6.07, 6.45) is 0. The summed E-state index contributed by atoms with van der Waals surface area (Å²) in [4.78, 5) is 13.9. The number of morpholine rings is 1. The van der Waals surface area contributed by atoms with E-state index < -0.39 is 0 Å². The number of para-hydroxylation sites is 1. The molecule has 0 aromatic heterocycles. The molecule has 0 saturated carbocycles. The first-order valence-electron chi connectivity index (χ1n) is 6.25. The van der Waals surface area contributed by atoms with Gasteiger partial charge in [-0.3, -0.25) is 4.79 Å². The molecule has 0 unspecified atom stereocenters. The molecule has 0 spiro atoms. The van der Waals surface area contributed by atoms with Crippen molar-refractivity contribution in [1.82, 2.24) is 4.90 Å². The lowest BCUT2D eigenvalue weighted by molar-refractivity contribution is -0.130. The highest BCUT2D eigenvalue weighted by atomic mass is 32.1. The smallest absolute Gasteiger partial charge is 0.267 e. The van der Waals surface area contributed by atoms with E-state index in [-0.39, 0.29) is 16.5 Å². The van der Waals surface area contributed by atoms with Crippen molar-refractivity contribution in [3.05, 3.63) is 40.9 Å². The average molecular weight is 289 g/mol. The molecule has 5 nitrogen and oxygen atoms in total. The summed E-state index contributed by atoms with van der Waals surface area (Å²) >= 11 is 4.24. The van der Waals surface area contributed by atoms with Gasteiger partial charge in [0, 0.05) is 18.8 Å². The second kappa shape index (κ2) is 6.98. The Kier molecular flexibility index (Phi) is 5.04. The molecule has 1 amide bonds. The quantitative estimate of drug-likeness (QED) is 0.504. The maximum absolute atomic E-state index is 12.3. The van der Waals surface area contributed by atoms with Crippen LogP contribution in [0.5, 0.6) is 0 Å². The van der Waals surface area contributed by atoms with Crippen LogP contribution < -0.4 is 5.32 Å². The van der Waals surface area contributed by atoms with Crippen molar-refractivity contribution >= 4 is 24.2 Å². The normalized spacial score (nSPS) is 16.1. The Morgan fingerprint density at radius 3 is 2.55 bits per heavy atom.